The molecular weight excluding hydrogens is 577 g/mol. The lowest BCUT2D eigenvalue weighted by molar-refractivity contribution is 1.63. The van der Waals surface area contributed by atoms with E-state index in [4.69, 9.17) is 0 Å². The van der Waals surface area contributed by atoms with Gasteiger partial charge in [-0.05, 0) is 128 Å². The van der Waals surface area contributed by atoms with E-state index in [1.165, 1.54) is 98.0 Å². The van der Waals surface area contributed by atoms with Crippen LogP contribution in [0.3, 0.4) is 0 Å². The highest BCUT2D eigenvalue weighted by Gasteiger charge is 2.17. The summed E-state index contributed by atoms with van der Waals surface area (Å²) in [7, 11) is 0. The lowest BCUT2D eigenvalue weighted by Crippen LogP contribution is -1.90. The number of rotatable bonds is 3. The van der Waals surface area contributed by atoms with E-state index in [1.807, 2.05) is 0 Å². The third-order valence-corrected chi connectivity index (χ3v) is 10.2. The Labute approximate surface area is 279 Å². The first-order valence-corrected chi connectivity index (χ1v) is 16.7. The Morgan fingerprint density at radius 3 is 1.40 bits per heavy atom. The van der Waals surface area contributed by atoms with E-state index in [0.717, 1.165) is 0 Å². The molecule has 0 spiro atoms. The molecule has 0 atom stereocenters. The maximum absolute atomic E-state index is 2.46. The first kappa shape index (κ1) is 26.9. The summed E-state index contributed by atoms with van der Waals surface area (Å²) in [4.78, 5) is 0. The molecule has 0 aliphatic heterocycles. The molecular formula is C48H30. The highest BCUT2D eigenvalue weighted by atomic mass is 14.2. The van der Waals surface area contributed by atoms with Gasteiger partial charge in [-0.3, -0.25) is 0 Å². The van der Waals surface area contributed by atoms with Crippen LogP contribution in [0.5, 0.6) is 0 Å². The van der Waals surface area contributed by atoms with E-state index in [1.54, 1.807) is 0 Å². The summed E-state index contributed by atoms with van der Waals surface area (Å²) in [6.07, 6.45) is 0. The molecule has 0 aromatic heterocycles. The van der Waals surface area contributed by atoms with Gasteiger partial charge in [0, 0.05) is 0 Å². The molecule has 10 aromatic rings. The molecule has 0 aliphatic carbocycles. The van der Waals surface area contributed by atoms with Crippen LogP contribution in [0.1, 0.15) is 0 Å². The second-order valence-electron chi connectivity index (χ2n) is 12.9. The van der Waals surface area contributed by atoms with Crippen LogP contribution in [0.2, 0.25) is 0 Å². The first-order chi connectivity index (χ1) is 23.8. The van der Waals surface area contributed by atoms with E-state index in [-0.39, 0.29) is 0 Å². The quantitative estimate of drug-likeness (QED) is 0.176. The fraction of sp³-hybridized carbons (Fsp3) is 0. The van der Waals surface area contributed by atoms with Crippen LogP contribution in [0.25, 0.3) is 98.0 Å². The van der Waals surface area contributed by atoms with Crippen molar-refractivity contribution in [3.8, 4) is 33.4 Å². The van der Waals surface area contributed by atoms with Gasteiger partial charge in [-0.2, -0.15) is 0 Å². The first-order valence-electron chi connectivity index (χ1n) is 16.7. The molecule has 0 heteroatoms. The zero-order valence-electron chi connectivity index (χ0n) is 26.3. The SMILES string of the molecule is c1ccc(-c2ccc3ccc(-c4cc(-c5cc6c7ccccc7c7ccccc7c6c6ccccc56)c5ccccc5c4)cc3c2)cc1. The van der Waals surface area contributed by atoms with Gasteiger partial charge in [0.05, 0.1) is 0 Å². The Bertz CT molecular complexity index is 2880. The summed E-state index contributed by atoms with van der Waals surface area (Å²) in [6.45, 7) is 0. The lowest BCUT2D eigenvalue weighted by atomic mass is 9.85. The molecule has 0 bridgehead atoms. The molecule has 0 aliphatic rings. The Hall–Kier alpha value is -6.24. The molecule has 0 amide bonds. The van der Waals surface area contributed by atoms with E-state index in [2.05, 4.69) is 182 Å². The van der Waals surface area contributed by atoms with Crippen molar-refractivity contribution in [2.24, 2.45) is 0 Å². The maximum Gasteiger partial charge on any atom is -0.00199 e. The van der Waals surface area contributed by atoms with Crippen molar-refractivity contribution in [3.05, 3.63) is 182 Å². The van der Waals surface area contributed by atoms with Crippen LogP contribution in [0.4, 0.5) is 0 Å². The molecule has 0 saturated heterocycles. The average molecular weight is 607 g/mol. The monoisotopic (exact) mass is 606 g/mol. The fourth-order valence-corrected chi connectivity index (χ4v) is 7.93. The molecule has 222 valence electrons. The molecule has 0 unspecified atom stereocenters. The van der Waals surface area contributed by atoms with Gasteiger partial charge in [0.25, 0.3) is 0 Å². The van der Waals surface area contributed by atoms with E-state index < -0.39 is 0 Å². The van der Waals surface area contributed by atoms with Gasteiger partial charge in [-0.25, -0.2) is 0 Å². The predicted molar refractivity (Wildman–Crippen MR) is 208 cm³/mol. The third-order valence-electron chi connectivity index (χ3n) is 10.2. The molecule has 10 rings (SSSR count). The fourth-order valence-electron chi connectivity index (χ4n) is 7.93. The third kappa shape index (κ3) is 4.16. The Kier molecular flexibility index (Phi) is 5.98. The van der Waals surface area contributed by atoms with Crippen molar-refractivity contribution < 1.29 is 0 Å². The molecule has 48 heavy (non-hydrogen) atoms. The molecule has 0 nitrogen and oxygen atoms in total. The van der Waals surface area contributed by atoms with Gasteiger partial charge in [-0.15, -0.1) is 0 Å². The standard InChI is InChI=1S/C48H30/c1-2-12-31(13-3-1)33-24-22-32-23-25-34(27-36(32)26-33)37-28-35-14-4-5-15-38(35)45(29-37)46-30-47-41-18-7-6-16-39(41)40-17-8-10-20-43(40)48(47)44-21-11-9-19-42(44)46/h1-30H. The van der Waals surface area contributed by atoms with Crippen molar-refractivity contribution in [1.29, 1.82) is 0 Å². The number of benzene rings is 10. The lowest BCUT2D eigenvalue weighted by Gasteiger charge is -2.18. The van der Waals surface area contributed by atoms with Gasteiger partial charge in [0.2, 0.25) is 0 Å². The number of fused-ring (bicyclic) bond motifs is 10. The van der Waals surface area contributed by atoms with Crippen molar-refractivity contribution >= 4 is 64.6 Å². The summed E-state index contributed by atoms with van der Waals surface area (Å²) < 4.78 is 0. The number of hydrogen-bond acceptors (Lipinski definition) is 0. The minimum absolute atomic E-state index is 1.22. The van der Waals surface area contributed by atoms with Crippen molar-refractivity contribution in [2.75, 3.05) is 0 Å². The number of hydrogen-bond donors (Lipinski definition) is 0. The average Bonchev–Trinajstić information content (AvgIpc) is 3.17. The molecule has 0 fully saturated rings. The van der Waals surface area contributed by atoms with Gasteiger partial charge < -0.3 is 0 Å². The Morgan fingerprint density at radius 2 is 0.688 bits per heavy atom. The van der Waals surface area contributed by atoms with Crippen LogP contribution in [-0.2, 0) is 0 Å². The highest BCUT2D eigenvalue weighted by molar-refractivity contribution is 6.33. The largest absolute Gasteiger partial charge is 0.0622 e. The van der Waals surface area contributed by atoms with Crippen molar-refractivity contribution in [1.82, 2.24) is 0 Å². The minimum Gasteiger partial charge on any atom is -0.0622 e. The highest BCUT2D eigenvalue weighted by Crippen LogP contribution is 2.45. The van der Waals surface area contributed by atoms with Gasteiger partial charge in [0.1, 0.15) is 0 Å². The molecule has 10 aromatic carbocycles. The van der Waals surface area contributed by atoms with Gasteiger partial charge >= 0.3 is 0 Å². The van der Waals surface area contributed by atoms with Crippen LogP contribution < -0.4 is 0 Å². The van der Waals surface area contributed by atoms with Crippen LogP contribution in [-0.4, -0.2) is 0 Å². The molecule has 0 radical (unpaired) electrons. The Balaban J connectivity index is 1.26. The van der Waals surface area contributed by atoms with E-state index in [9.17, 15) is 0 Å². The molecule has 0 saturated carbocycles. The zero-order valence-corrected chi connectivity index (χ0v) is 26.3. The van der Waals surface area contributed by atoms with E-state index >= 15 is 0 Å². The minimum atomic E-state index is 1.22. The Morgan fingerprint density at radius 1 is 0.208 bits per heavy atom. The van der Waals surface area contributed by atoms with Crippen LogP contribution in [0, 0.1) is 0 Å². The molecule has 0 N–H and O–H groups in total. The maximum atomic E-state index is 2.46. The second kappa shape index (κ2) is 10.7. The normalized spacial score (nSPS) is 11.8. The topological polar surface area (TPSA) is 0 Å². The summed E-state index contributed by atoms with van der Waals surface area (Å²) in [5.74, 6) is 0. The summed E-state index contributed by atoms with van der Waals surface area (Å²) in [5.41, 5.74) is 7.45. The summed E-state index contributed by atoms with van der Waals surface area (Å²) in [5, 5.41) is 15.4. The smallest absolute Gasteiger partial charge is 0.00199 e. The van der Waals surface area contributed by atoms with Crippen molar-refractivity contribution in [3.63, 3.8) is 0 Å². The second-order valence-corrected chi connectivity index (χ2v) is 12.9. The van der Waals surface area contributed by atoms with E-state index in [0.29, 0.717) is 0 Å². The van der Waals surface area contributed by atoms with Gasteiger partial charge in [0.15, 0.2) is 0 Å². The van der Waals surface area contributed by atoms with Crippen molar-refractivity contribution in [2.45, 2.75) is 0 Å². The molecule has 0 heterocycles. The van der Waals surface area contributed by atoms with Crippen LogP contribution in [0.15, 0.2) is 182 Å². The van der Waals surface area contributed by atoms with Gasteiger partial charge in [-0.1, -0.05) is 152 Å². The predicted octanol–water partition coefficient (Wildman–Crippen LogP) is 13.6. The summed E-state index contributed by atoms with van der Waals surface area (Å²) >= 11 is 0. The zero-order chi connectivity index (χ0) is 31.6. The van der Waals surface area contributed by atoms with Crippen LogP contribution >= 0.6 is 0 Å². The summed E-state index contributed by atoms with van der Waals surface area (Å²) in [6, 6.07) is 67.1.